The van der Waals surface area contributed by atoms with Crippen molar-refractivity contribution in [3.63, 3.8) is 0 Å². The van der Waals surface area contributed by atoms with Crippen molar-refractivity contribution in [2.75, 3.05) is 5.33 Å². The average molecular weight is 385 g/mol. The van der Waals surface area contributed by atoms with Gasteiger partial charge in [-0.05, 0) is 30.3 Å². The van der Waals surface area contributed by atoms with Crippen molar-refractivity contribution in [3.8, 4) is 0 Å². The van der Waals surface area contributed by atoms with E-state index in [1.165, 1.54) is 22.3 Å². The highest BCUT2D eigenvalue weighted by Crippen LogP contribution is 2.32. The van der Waals surface area contributed by atoms with Gasteiger partial charge >= 0.3 is 0 Å². The van der Waals surface area contributed by atoms with Gasteiger partial charge in [-0.15, -0.1) is 0 Å². The Bertz CT molecular complexity index is 557. The summed E-state index contributed by atoms with van der Waals surface area (Å²) in [6, 6.07) is 32.3. The summed E-state index contributed by atoms with van der Waals surface area (Å²) in [7, 11) is -0.446. The smallest absolute Gasteiger partial charge is 0.00286 e. The SMILES string of the molecule is CCCBr.c1ccc(P(c2ccccc2)c2ccccc2)cc1. The summed E-state index contributed by atoms with van der Waals surface area (Å²) < 4.78 is 0. The molecule has 0 aliphatic carbocycles. The van der Waals surface area contributed by atoms with Crippen LogP contribution in [-0.2, 0) is 0 Å². The van der Waals surface area contributed by atoms with Crippen LogP contribution in [0.1, 0.15) is 13.3 Å². The van der Waals surface area contributed by atoms with Crippen LogP contribution in [0.2, 0.25) is 0 Å². The third-order valence-corrected chi connectivity index (χ3v) is 6.47. The fourth-order valence-electron chi connectivity index (χ4n) is 2.18. The first-order valence-electron chi connectivity index (χ1n) is 7.88. The lowest BCUT2D eigenvalue weighted by atomic mass is 10.4. The van der Waals surface area contributed by atoms with Gasteiger partial charge in [-0.1, -0.05) is 114 Å². The summed E-state index contributed by atoms with van der Waals surface area (Å²) >= 11 is 3.25. The molecule has 3 aromatic carbocycles. The van der Waals surface area contributed by atoms with E-state index in [9.17, 15) is 0 Å². The quantitative estimate of drug-likeness (QED) is 0.426. The summed E-state index contributed by atoms with van der Waals surface area (Å²) in [5.41, 5.74) is 0. The third kappa shape index (κ3) is 5.61. The molecule has 0 aliphatic rings. The van der Waals surface area contributed by atoms with Gasteiger partial charge in [0.05, 0.1) is 0 Å². The zero-order valence-corrected chi connectivity index (χ0v) is 15.9. The van der Waals surface area contributed by atoms with Crippen molar-refractivity contribution in [1.29, 1.82) is 0 Å². The minimum atomic E-state index is -0.446. The maximum atomic E-state index is 3.25. The Kier molecular flexibility index (Phi) is 8.07. The summed E-state index contributed by atoms with van der Waals surface area (Å²) in [5, 5.41) is 5.33. The molecule has 0 N–H and O–H groups in total. The zero-order valence-electron chi connectivity index (χ0n) is 13.4. The molecular formula is C21H22BrP. The monoisotopic (exact) mass is 384 g/mol. The lowest BCUT2D eigenvalue weighted by Gasteiger charge is -2.18. The molecule has 0 spiro atoms. The van der Waals surface area contributed by atoms with Crippen molar-refractivity contribution in [2.45, 2.75) is 13.3 Å². The highest BCUT2D eigenvalue weighted by atomic mass is 79.9. The van der Waals surface area contributed by atoms with E-state index in [0.717, 1.165) is 5.33 Å². The lowest BCUT2D eigenvalue weighted by molar-refractivity contribution is 1.12. The maximum Gasteiger partial charge on any atom is 0.00286 e. The van der Waals surface area contributed by atoms with E-state index < -0.39 is 7.92 Å². The summed E-state index contributed by atoms with van der Waals surface area (Å²) in [4.78, 5) is 0. The molecule has 0 heterocycles. The molecule has 0 atom stereocenters. The van der Waals surface area contributed by atoms with Gasteiger partial charge in [0.2, 0.25) is 0 Å². The molecule has 0 radical (unpaired) electrons. The molecule has 0 bridgehead atoms. The number of benzene rings is 3. The minimum Gasteiger partial charge on any atom is -0.0928 e. The van der Waals surface area contributed by atoms with Gasteiger partial charge in [0.1, 0.15) is 0 Å². The minimum absolute atomic E-state index is 0.446. The van der Waals surface area contributed by atoms with Crippen LogP contribution in [-0.4, -0.2) is 5.33 Å². The molecule has 3 aromatic rings. The molecule has 23 heavy (non-hydrogen) atoms. The van der Waals surface area contributed by atoms with E-state index in [0.29, 0.717) is 0 Å². The molecule has 0 saturated heterocycles. The average Bonchev–Trinajstić information content (AvgIpc) is 2.65. The molecule has 0 aromatic heterocycles. The second-order valence-corrected chi connectivity index (χ2v) is 8.04. The molecule has 0 amide bonds. The van der Waals surface area contributed by atoms with E-state index >= 15 is 0 Å². The number of rotatable bonds is 4. The molecule has 0 nitrogen and oxygen atoms in total. The second kappa shape index (κ2) is 10.4. The van der Waals surface area contributed by atoms with Crippen molar-refractivity contribution in [2.24, 2.45) is 0 Å². The van der Waals surface area contributed by atoms with Crippen LogP contribution < -0.4 is 15.9 Å². The van der Waals surface area contributed by atoms with Crippen LogP contribution in [0.3, 0.4) is 0 Å². The molecule has 0 saturated carbocycles. The Morgan fingerprint density at radius 3 is 1.09 bits per heavy atom. The summed E-state index contributed by atoms with van der Waals surface area (Å²) in [5.74, 6) is 0. The summed E-state index contributed by atoms with van der Waals surface area (Å²) in [6.07, 6.45) is 1.24. The van der Waals surface area contributed by atoms with E-state index in [1.54, 1.807) is 0 Å². The van der Waals surface area contributed by atoms with Gasteiger partial charge in [-0.2, -0.15) is 0 Å². The normalized spacial score (nSPS) is 10.0. The molecular weight excluding hydrogens is 363 g/mol. The van der Waals surface area contributed by atoms with E-state index in [2.05, 4.69) is 114 Å². The van der Waals surface area contributed by atoms with Gasteiger partial charge < -0.3 is 0 Å². The fraction of sp³-hybridized carbons (Fsp3) is 0.143. The number of halogens is 1. The second-order valence-electron chi connectivity index (χ2n) is 5.03. The highest BCUT2D eigenvalue weighted by Gasteiger charge is 2.14. The Labute approximate surface area is 149 Å². The van der Waals surface area contributed by atoms with E-state index in [4.69, 9.17) is 0 Å². The van der Waals surface area contributed by atoms with Crippen molar-refractivity contribution < 1.29 is 0 Å². The Balaban J connectivity index is 0.000000433. The van der Waals surface area contributed by atoms with Gasteiger partial charge in [-0.3, -0.25) is 0 Å². The van der Waals surface area contributed by atoms with Crippen LogP contribution >= 0.6 is 23.9 Å². The van der Waals surface area contributed by atoms with Crippen LogP contribution in [0.5, 0.6) is 0 Å². The Morgan fingerprint density at radius 2 is 0.870 bits per heavy atom. The molecule has 0 unspecified atom stereocenters. The first-order valence-corrected chi connectivity index (χ1v) is 10.3. The molecule has 118 valence electrons. The van der Waals surface area contributed by atoms with Crippen LogP contribution in [0.4, 0.5) is 0 Å². The topological polar surface area (TPSA) is 0 Å². The first kappa shape index (κ1) is 17.9. The standard InChI is InChI=1S/C18H15P.C3H7Br/c1-4-10-16(11-5-1)19(17-12-6-2-7-13-17)18-14-8-3-9-15-18;1-2-3-4/h1-15H;2-3H2,1H3. The van der Waals surface area contributed by atoms with Gasteiger partial charge in [0.25, 0.3) is 0 Å². The largest absolute Gasteiger partial charge is 0.0928 e. The van der Waals surface area contributed by atoms with Crippen molar-refractivity contribution >= 4 is 39.8 Å². The van der Waals surface area contributed by atoms with Gasteiger partial charge in [0.15, 0.2) is 0 Å². The summed E-state index contributed by atoms with van der Waals surface area (Å²) in [6.45, 7) is 2.13. The van der Waals surface area contributed by atoms with Gasteiger partial charge in [0, 0.05) is 5.33 Å². The molecule has 2 heteroatoms. The zero-order chi connectivity index (χ0) is 16.3. The maximum absolute atomic E-state index is 3.25. The van der Waals surface area contributed by atoms with Gasteiger partial charge in [-0.25, -0.2) is 0 Å². The Hall–Kier alpha value is -1.43. The van der Waals surface area contributed by atoms with Crippen molar-refractivity contribution in [3.05, 3.63) is 91.0 Å². The number of alkyl halides is 1. The predicted molar refractivity (Wildman–Crippen MR) is 109 cm³/mol. The van der Waals surface area contributed by atoms with E-state index in [1.807, 2.05) is 0 Å². The lowest BCUT2D eigenvalue weighted by Crippen LogP contribution is -2.20. The van der Waals surface area contributed by atoms with Crippen LogP contribution in [0.25, 0.3) is 0 Å². The first-order chi connectivity index (χ1) is 11.4. The molecule has 3 rings (SSSR count). The van der Waals surface area contributed by atoms with Crippen LogP contribution in [0, 0.1) is 0 Å². The van der Waals surface area contributed by atoms with Crippen molar-refractivity contribution in [1.82, 2.24) is 0 Å². The highest BCUT2D eigenvalue weighted by molar-refractivity contribution is 9.09. The fourth-order valence-corrected chi connectivity index (χ4v) is 4.48. The third-order valence-electron chi connectivity index (χ3n) is 3.23. The van der Waals surface area contributed by atoms with Crippen LogP contribution in [0.15, 0.2) is 91.0 Å². The Morgan fingerprint density at radius 1 is 0.609 bits per heavy atom. The number of hydrogen-bond acceptors (Lipinski definition) is 0. The number of hydrogen-bond donors (Lipinski definition) is 0. The predicted octanol–water partition coefficient (Wildman–Crippen LogP) is 5.24. The van der Waals surface area contributed by atoms with E-state index in [-0.39, 0.29) is 0 Å². The molecule has 0 fully saturated rings. The molecule has 0 aliphatic heterocycles.